The third-order valence-corrected chi connectivity index (χ3v) is 7.95. The summed E-state index contributed by atoms with van der Waals surface area (Å²) in [6.45, 7) is 1.72. The van der Waals surface area contributed by atoms with Crippen LogP contribution in [0.3, 0.4) is 0 Å². The Labute approximate surface area is 209 Å². The second kappa shape index (κ2) is 10.5. The van der Waals surface area contributed by atoms with E-state index in [2.05, 4.69) is 9.88 Å². The van der Waals surface area contributed by atoms with E-state index in [9.17, 15) is 16.8 Å². The fourth-order valence-corrected chi connectivity index (χ4v) is 5.95. The number of nitrogens with zero attached hydrogens (tertiary/aromatic N) is 1. The van der Waals surface area contributed by atoms with Crippen LogP contribution < -0.4 is 4.72 Å². The summed E-state index contributed by atoms with van der Waals surface area (Å²) in [5.41, 5.74) is 1.83. The first-order valence-corrected chi connectivity index (χ1v) is 14.0. The van der Waals surface area contributed by atoms with Gasteiger partial charge in [0.05, 0.1) is 16.0 Å². The van der Waals surface area contributed by atoms with Gasteiger partial charge in [0, 0.05) is 27.2 Å². The molecule has 0 aliphatic carbocycles. The van der Waals surface area contributed by atoms with Gasteiger partial charge in [0.15, 0.2) is 0 Å². The molecule has 34 heavy (non-hydrogen) atoms. The van der Waals surface area contributed by atoms with Crippen molar-refractivity contribution in [1.29, 1.82) is 0 Å². The van der Waals surface area contributed by atoms with Gasteiger partial charge in [0.25, 0.3) is 0 Å². The normalized spacial score (nSPS) is 13.5. The van der Waals surface area contributed by atoms with E-state index < -0.39 is 25.9 Å². The van der Waals surface area contributed by atoms with E-state index in [1.165, 1.54) is 37.4 Å². The molecule has 0 heterocycles. The molecule has 0 fully saturated rings. The Balaban J connectivity index is 2.10. The monoisotopic (exact) mass is 540 g/mol. The lowest BCUT2D eigenvalue weighted by Gasteiger charge is -2.15. The average Bonchev–Trinajstić information content (AvgIpc) is 2.77. The Hall–Kier alpha value is -2.43. The van der Waals surface area contributed by atoms with Gasteiger partial charge in [-0.3, -0.25) is 0 Å². The van der Waals surface area contributed by atoms with Gasteiger partial charge in [-0.1, -0.05) is 52.6 Å². The second-order valence-corrected chi connectivity index (χ2v) is 12.0. The molecule has 1 N–H and O–H groups in total. The van der Waals surface area contributed by atoms with Crippen molar-refractivity contribution in [3.05, 3.63) is 93.5 Å². The molecule has 180 valence electrons. The Morgan fingerprint density at radius 1 is 0.912 bits per heavy atom. The fourth-order valence-electron chi connectivity index (χ4n) is 3.32. The Bertz CT molecular complexity index is 1420. The molecule has 3 rings (SSSR count). The van der Waals surface area contributed by atoms with Crippen molar-refractivity contribution in [3.8, 4) is 0 Å². The van der Waals surface area contributed by atoms with E-state index in [0.717, 1.165) is 11.8 Å². The first kappa shape index (κ1) is 26.2. The largest absolute Gasteiger partial charge is 0.399 e. The van der Waals surface area contributed by atoms with E-state index in [1.807, 2.05) is 0 Å². The van der Waals surface area contributed by atoms with Gasteiger partial charge >= 0.3 is 0 Å². The van der Waals surface area contributed by atoms with Crippen LogP contribution in [0.25, 0.3) is 0 Å². The van der Waals surface area contributed by atoms with Crippen molar-refractivity contribution in [2.75, 3.05) is 13.4 Å². The van der Waals surface area contributed by atoms with Crippen LogP contribution in [0.2, 0.25) is 10.0 Å². The van der Waals surface area contributed by atoms with E-state index in [4.69, 9.17) is 28.0 Å². The predicted molar refractivity (Wildman–Crippen MR) is 134 cm³/mol. The maximum absolute atomic E-state index is 13.5. The molecule has 0 saturated heterocycles. The lowest BCUT2D eigenvalue weighted by molar-refractivity contribution is 0.214. The molecule has 0 aromatic heterocycles. The minimum absolute atomic E-state index is 0.0469. The van der Waals surface area contributed by atoms with E-state index >= 15 is 0 Å². The highest BCUT2D eigenvalue weighted by Crippen LogP contribution is 2.30. The third-order valence-electron chi connectivity index (χ3n) is 4.87. The SMILES string of the molecule is CO/N=C(\c1ccc([C@H](C)NS(C)(=O)=O)cc1)c1ccc(Cl)cc1S(=O)(=O)c1ccc(Cl)cc1. The fraction of sp³-hybridized carbons (Fsp3) is 0.174. The van der Waals surface area contributed by atoms with Gasteiger partial charge in [0.2, 0.25) is 19.9 Å². The molecule has 1 atom stereocenters. The van der Waals surface area contributed by atoms with Crippen LogP contribution in [0, 0.1) is 0 Å². The summed E-state index contributed by atoms with van der Waals surface area (Å²) in [7, 11) is -6.01. The number of hydrogen-bond acceptors (Lipinski definition) is 6. The van der Waals surface area contributed by atoms with Crippen LogP contribution >= 0.6 is 23.2 Å². The number of hydrogen-bond donors (Lipinski definition) is 1. The van der Waals surface area contributed by atoms with Gasteiger partial charge in [0.1, 0.15) is 12.8 Å². The lowest BCUT2D eigenvalue weighted by Crippen LogP contribution is -2.25. The highest BCUT2D eigenvalue weighted by atomic mass is 35.5. The van der Waals surface area contributed by atoms with E-state index in [-0.39, 0.29) is 26.1 Å². The molecule has 3 aromatic rings. The smallest absolute Gasteiger partial charge is 0.209 e. The summed E-state index contributed by atoms with van der Waals surface area (Å²) in [4.78, 5) is 5.03. The molecule has 0 aliphatic heterocycles. The first-order chi connectivity index (χ1) is 15.9. The first-order valence-electron chi connectivity index (χ1n) is 9.92. The molecular weight excluding hydrogens is 519 g/mol. The van der Waals surface area contributed by atoms with Gasteiger partial charge < -0.3 is 4.84 Å². The lowest BCUT2D eigenvalue weighted by atomic mass is 9.99. The molecule has 0 radical (unpaired) electrons. The van der Waals surface area contributed by atoms with Crippen LogP contribution in [-0.2, 0) is 24.7 Å². The molecular formula is C23H22Cl2N2O5S2. The molecule has 0 saturated carbocycles. The van der Waals surface area contributed by atoms with Crippen LogP contribution in [0.1, 0.15) is 29.7 Å². The second-order valence-electron chi connectivity index (χ2n) is 7.45. The number of sulfone groups is 1. The number of sulfonamides is 1. The number of nitrogens with one attached hydrogen (secondary N) is 1. The zero-order valence-corrected chi connectivity index (χ0v) is 21.6. The zero-order valence-electron chi connectivity index (χ0n) is 18.5. The molecule has 0 unspecified atom stereocenters. The Kier molecular flexibility index (Phi) is 8.05. The minimum atomic E-state index is -3.98. The summed E-state index contributed by atoms with van der Waals surface area (Å²) in [6.07, 6.45) is 1.09. The molecule has 7 nitrogen and oxygen atoms in total. The van der Waals surface area contributed by atoms with Crippen molar-refractivity contribution >= 4 is 48.8 Å². The van der Waals surface area contributed by atoms with Crippen molar-refractivity contribution in [1.82, 2.24) is 4.72 Å². The van der Waals surface area contributed by atoms with Gasteiger partial charge in [-0.05, 0) is 55.0 Å². The molecule has 0 spiro atoms. The number of rotatable bonds is 8. The summed E-state index contributed by atoms with van der Waals surface area (Å²) in [6, 6.07) is 16.7. The van der Waals surface area contributed by atoms with Crippen molar-refractivity contribution in [2.24, 2.45) is 5.16 Å². The van der Waals surface area contributed by atoms with Gasteiger partial charge in [-0.25, -0.2) is 21.6 Å². The molecule has 0 bridgehead atoms. The molecule has 0 amide bonds. The maximum atomic E-state index is 13.5. The Morgan fingerprint density at radius 2 is 1.50 bits per heavy atom. The third kappa shape index (κ3) is 6.17. The zero-order chi connectivity index (χ0) is 25.1. The number of halogens is 2. The number of benzene rings is 3. The van der Waals surface area contributed by atoms with Crippen LogP contribution in [0.4, 0.5) is 0 Å². The summed E-state index contributed by atoms with van der Waals surface area (Å²) >= 11 is 12.1. The topological polar surface area (TPSA) is 102 Å². The van der Waals surface area contributed by atoms with E-state index in [0.29, 0.717) is 10.6 Å². The van der Waals surface area contributed by atoms with Crippen molar-refractivity contribution in [3.63, 3.8) is 0 Å². The summed E-state index contributed by atoms with van der Waals surface area (Å²) in [5, 5.41) is 4.74. The minimum Gasteiger partial charge on any atom is -0.399 e. The highest BCUT2D eigenvalue weighted by Gasteiger charge is 2.25. The molecule has 11 heteroatoms. The van der Waals surface area contributed by atoms with Gasteiger partial charge in [-0.15, -0.1) is 0 Å². The van der Waals surface area contributed by atoms with Crippen LogP contribution in [-0.4, -0.2) is 35.9 Å². The molecule has 0 aliphatic rings. The van der Waals surface area contributed by atoms with Gasteiger partial charge in [-0.2, -0.15) is 0 Å². The van der Waals surface area contributed by atoms with Crippen molar-refractivity contribution < 1.29 is 21.7 Å². The summed E-state index contributed by atoms with van der Waals surface area (Å²) < 4.78 is 52.5. The standard InChI is InChI=1S/C23H22Cl2N2O5S2/c1-15(27-33(3,28)29)16-4-6-17(7-5-16)23(26-32-2)21-13-10-19(25)14-22(21)34(30,31)20-11-8-18(24)9-12-20/h4-15,27H,1-3H3/b26-23+/t15-/m0/s1. The molecule has 3 aromatic carbocycles. The average molecular weight is 541 g/mol. The highest BCUT2D eigenvalue weighted by molar-refractivity contribution is 7.91. The Morgan fingerprint density at radius 3 is 2.06 bits per heavy atom. The predicted octanol–water partition coefficient (Wildman–Crippen LogP) is 4.84. The summed E-state index contributed by atoms with van der Waals surface area (Å²) in [5.74, 6) is 0. The van der Waals surface area contributed by atoms with Crippen molar-refractivity contribution in [2.45, 2.75) is 22.8 Å². The van der Waals surface area contributed by atoms with Crippen LogP contribution in [0.15, 0.2) is 81.7 Å². The van der Waals surface area contributed by atoms with Crippen LogP contribution in [0.5, 0.6) is 0 Å². The number of oxime groups is 1. The maximum Gasteiger partial charge on any atom is 0.209 e. The quantitative estimate of drug-likeness (QED) is 0.325. The van der Waals surface area contributed by atoms with E-state index in [1.54, 1.807) is 43.3 Å².